The number of carbonyl (C=O) groups excluding carboxylic acids is 5. The number of aliphatic carboxylic acids is 1. The number of amides is 2. The van der Waals surface area contributed by atoms with E-state index in [9.17, 15) is 29.1 Å². The number of carboxylic acids is 1. The predicted octanol–water partition coefficient (Wildman–Crippen LogP) is 10.0. The Balaban J connectivity index is 0.966. The quantitative estimate of drug-likeness (QED) is 0.194. The zero-order valence-electron chi connectivity index (χ0n) is 42.9. The molecule has 0 saturated heterocycles. The minimum absolute atomic E-state index is 0.0145. The lowest BCUT2D eigenvalue weighted by Crippen LogP contribution is -2.70. The molecule has 7 aliphatic carbocycles. The van der Waals surface area contributed by atoms with Crippen molar-refractivity contribution in [3.63, 3.8) is 0 Å². The standard InChI is InChI=1S/C56H76N4O9/c1-12-68-49(67)60-38(29-37(59-60)33-16-14-32(4)15-17-33)45(62)57-55(22-13-23-55)48(66)58-56-27-26-53(10)34(44(56)43(31(2)3)39(61)30-56)18-19-41-52(9)24-21-42(51(7,8)40(52)20-25-54(41,53)11)69-47(65)36-28-35(46(63)64)50(36,5)6/h14-17,29,31,34-36,40-42H,12-13,18-28,30H2,1-11H3,(H,57,62)(H,58,66)(H,63,64)/t34-,35+,36-,40+,41-,42+,52+,53-,54-,56-/m1/s1. The Morgan fingerprint density at radius 2 is 1.52 bits per heavy atom. The Kier molecular flexibility index (Phi) is 11.9. The summed E-state index contributed by atoms with van der Waals surface area (Å²) in [5.41, 5.74) is 0.886. The van der Waals surface area contributed by atoms with Crippen LogP contribution in [-0.4, -0.2) is 74.3 Å². The Labute approximate surface area is 408 Å². The summed E-state index contributed by atoms with van der Waals surface area (Å²) < 4.78 is 12.7. The smallest absolute Gasteiger partial charge is 0.435 e. The molecule has 2 amide bonds. The highest BCUT2D eigenvalue weighted by atomic mass is 16.6. The predicted molar refractivity (Wildman–Crippen MR) is 260 cm³/mol. The van der Waals surface area contributed by atoms with E-state index in [-0.39, 0.29) is 76.0 Å². The van der Waals surface area contributed by atoms with Gasteiger partial charge in [-0.25, -0.2) is 4.79 Å². The average molecular weight is 949 g/mol. The fourth-order valence-electron chi connectivity index (χ4n) is 16.2. The summed E-state index contributed by atoms with van der Waals surface area (Å²) in [6, 6.07) is 9.20. The fraction of sp³-hybridized carbons (Fsp3) is 0.696. The molecular weight excluding hydrogens is 873 g/mol. The Bertz CT molecular complexity index is 2520. The van der Waals surface area contributed by atoms with Gasteiger partial charge in [-0.3, -0.25) is 24.0 Å². The van der Waals surface area contributed by atoms with Gasteiger partial charge in [-0.15, -0.1) is 0 Å². The van der Waals surface area contributed by atoms with E-state index in [0.29, 0.717) is 43.2 Å². The first-order chi connectivity index (χ1) is 32.3. The Hall–Kier alpha value is -4.81. The molecule has 13 nitrogen and oxygen atoms in total. The summed E-state index contributed by atoms with van der Waals surface area (Å²) >= 11 is 0. The van der Waals surface area contributed by atoms with E-state index in [1.807, 2.05) is 45.0 Å². The molecular formula is C56H76N4O9. The second-order valence-electron chi connectivity index (χ2n) is 24.8. The molecule has 1 heterocycles. The summed E-state index contributed by atoms with van der Waals surface area (Å²) in [7, 11) is 0. The number of fused-ring (bicyclic) bond motifs is 7. The topological polar surface area (TPSA) is 183 Å². The lowest BCUT2D eigenvalue weighted by Gasteiger charge is -2.72. The molecule has 0 radical (unpaired) electrons. The van der Waals surface area contributed by atoms with Gasteiger partial charge in [-0.05, 0) is 153 Å². The number of Topliss-reactive ketones (excluding diaryl/α,β-unsaturated/α-hetero) is 1. The number of esters is 1. The average Bonchev–Trinajstić information content (AvgIpc) is 3.83. The largest absolute Gasteiger partial charge is 0.481 e. The maximum atomic E-state index is 15.1. The summed E-state index contributed by atoms with van der Waals surface area (Å²) in [6.45, 7) is 23.7. The molecule has 3 N–H and O–H groups in total. The number of ether oxygens (including phenoxy) is 2. The minimum Gasteiger partial charge on any atom is -0.481 e. The third-order valence-electron chi connectivity index (χ3n) is 20.6. The Morgan fingerprint density at radius 1 is 0.826 bits per heavy atom. The van der Waals surface area contributed by atoms with Crippen LogP contribution in [0.3, 0.4) is 0 Å². The number of aryl methyl sites for hydroxylation is 1. The van der Waals surface area contributed by atoms with E-state index in [4.69, 9.17) is 9.47 Å². The molecule has 0 aliphatic heterocycles. The second-order valence-corrected chi connectivity index (χ2v) is 24.8. The van der Waals surface area contributed by atoms with E-state index in [1.165, 1.54) is 0 Å². The van der Waals surface area contributed by atoms with Gasteiger partial charge in [-0.2, -0.15) is 9.78 Å². The van der Waals surface area contributed by atoms with Gasteiger partial charge in [0.25, 0.3) is 5.91 Å². The van der Waals surface area contributed by atoms with Crippen LogP contribution in [0.25, 0.3) is 11.3 Å². The van der Waals surface area contributed by atoms with Crippen LogP contribution in [0.5, 0.6) is 0 Å². The number of nitrogens with zero attached hydrogens (tertiary/aromatic N) is 2. The SMILES string of the molecule is CCOC(=O)n1nc(-c2ccc(C)cc2)cc1C(=O)NC1(C(=O)N[C@@]23CC[C@]4(C)[C@H](CC[C@@H]5[C@@]6(C)CC[C@H](OC(=O)[C@H]7C[C@@H](C(=O)O)C7(C)C)C(C)(C)[C@@H]6CC[C@]54C)C2=C(C(C)C)C(=O)C3)CCC1. The van der Waals surface area contributed by atoms with Gasteiger partial charge in [-0.1, -0.05) is 92.1 Å². The first-order valence-corrected chi connectivity index (χ1v) is 26.0. The third-order valence-corrected chi connectivity index (χ3v) is 20.6. The van der Waals surface area contributed by atoms with Gasteiger partial charge in [0.05, 0.1) is 29.7 Å². The molecule has 13 heteroatoms. The number of allylic oxidation sites excluding steroid dienone is 1. The van der Waals surface area contributed by atoms with Crippen molar-refractivity contribution in [1.29, 1.82) is 0 Å². The van der Waals surface area contributed by atoms with E-state index in [1.54, 1.807) is 13.0 Å². The minimum atomic E-state index is -1.24. The molecule has 374 valence electrons. The van der Waals surface area contributed by atoms with Crippen molar-refractivity contribution < 1.29 is 43.3 Å². The molecule has 0 bridgehead atoms. The molecule has 7 aliphatic rings. The maximum Gasteiger partial charge on any atom is 0.435 e. The highest BCUT2D eigenvalue weighted by Crippen LogP contribution is 2.76. The summed E-state index contributed by atoms with van der Waals surface area (Å²) in [5, 5.41) is 20.8. The van der Waals surface area contributed by atoms with Gasteiger partial charge < -0.3 is 25.2 Å². The summed E-state index contributed by atoms with van der Waals surface area (Å²) in [5.74, 6) is -2.12. The number of rotatable bonds is 10. The van der Waals surface area contributed by atoms with Crippen molar-refractivity contribution >= 4 is 35.6 Å². The van der Waals surface area contributed by atoms with Crippen molar-refractivity contribution in [3.8, 4) is 11.3 Å². The van der Waals surface area contributed by atoms with E-state index in [0.717, 1.165) is 78.3 Å². The van der Waals surface area contributed by atoms with Gasteiger partial charge in [0, 0.05) is 17.4 Å². The Morgan fingerprint density at radius 3 is 2.13 bits per heavy atom. The molecule has 6 saturated carbocycles. The first kappa shape index (κ1) is 49.2. The van der Waals surface area contributed by atoms with Crippen molar-refractivity contribution in [2.75, 3.05) is 6.61 Å². The molecule has 1 aromatic heterocycles. The van der Waals surface area contributed by atoms with Gasteiger partial charge in [0.15, 0.2) is 5.78 Å². The van der Waals surface area contributed by atoms with Crippen molar-refractivity contribution in [3.05, 3.63) is 52.7 Å². The van der Waals surface area contributed by atoms with Gasteiger partial charge in [0.2, 0.25) is 5.91 Å². The highest BCUT2D eigenvalue weighted by molar-refractivity contribution is 6.04. The monoisotopic (exact) mass is 949 g/mol. The van der Waals surface area contributed by atoms with Crippen molar-refractivity contribution in [1.82, 2.24) is 20.4 Å². The summed E-state index contributed by atoms with van der Waals surface area (Å²) in [4.78, 5) is 82.7. The van der Waals surface area contributed by atoms with Crippen LogP contribution in [0.4, 0.5) is 4.79 Å². The zero-order valence-corrected chi connectivity index (χ0v) is 42.9. The summed E-state index contributed by atoms with van der Waals surface area (Å²) in [6.07, 6.45) is 8.11. The van der Waals surface area contributed by atoms with Crippen LogP contribution in [-0.2, 0) is 28.7 Å². The molecule has 9 rings (SSSR count). The van der Waals surface area contributed by atoms with Crippen LogP contribution in [0.2, 0.25) is 0 Å². The zero-order chi connectivity index (χ0) is 50.0. The highest BCUT2D eigenvalue weighted by Gasteiger charge is 2.71. The molecule has 1 aromatic carbocycles. The number of nitrogens with one attached hydrogen (secondary N) is 2. The number of hydrogen-bond donors (Lipinski definition) is 3. The third kappa shape index (κ3) is 7.29. The molecule has 10 atom stereocenters. The number of carboxylic acid groups (broad SMARTS) is 1. The maximum absolute atomic E-state index is 15.1. The van der Waals surface area contributed by atoms with Crippen LogP contribution < -0.4 is 10.6 Å². The van der Waals surface area contributed by atoms with Crippen LogP contribution in [0.1, 0.15) is 169 Å². The fourth-order valence-corrected chi connectivity index (χ4v) is 16.2. The lowest BCUT2D eigenvalue weighted by atomic mass is 9.33. The number of ketones is 1. The second kappa shape index (κ2) is 16.6. The van der Waals surface area contributed by atoms with E-state index >= 15 is 4.79 Å². The van der Waals surface area contributed by atoms with Crippen LogP contribution >= 0.6 is 0 Å². The number of carbonyl (C=O) groups is 6. The van der Waals surface area contributed by atoms with E-state index < -0.39 is 46.3 Å². The molecule has 2 aromatic rings. The number of hydrogen-bond acceptors (Lipinski definition) is 9. The van der Waals surface area contributed by atoms with Gasteiger partial charge >= 0.3 is 18.0 Å². The normalized spacial score (nSPS) is 35.8. The molecule has 69 heavy (non-hydrogen) atoms. The van der Waals surface area contributed by atoms with Crippen molar-refractivity contribution in [2.45, 2.75) is 177 Å². The van der Waals surface area contributed by atoms with Crippen molar-refractivity contribution in [2.24, 2.45) is 62.6 Å². The molecule has 0 spiro atoms. The molecule has 0 unspecified atom stereocenters. The van der Waals surface area contributed by atoms with Crippen LogP contribution in [0, 0.1) is 69.5 Å². The number of benzene rings is 1. The number of aromatic nitrogens is 2. The van der Waals surface area contributed by atoms with Crippen LogP contribution in [0.15, 0.2) is 41.5 Å². The van der Waals surface area contributed by atoms with Gasteiger partial charge in [0.1, 0.15) is 17.3 Å². The lowest BCUT2D eigenvalue weighted by molar-refractivity contribution is -0.235. The molecule has 6 fully saturated rings. The van der Waals surface area contributed by atoms with E-state index in [2.05, 4.69) is 64.2 Å². The first-order valence-electron chi connectivity index (χ1n) is 26.0.